The molecule has 0 unspecified atom stereocenters. The predicted octanol–water partition coefficient (Wildman–Crippen LogP) is 6.19. The first-order valence-electron chi connectivity index (χ1n) is 13.7. The van der Waals surface area contributed by atoms with Gasteiger partial charge < -0.3 is 23.7 Å². The summed E-state index contributed by atoms with van der Waals surface area (Å²) in [5.41, 5.74) is 6.64. The first-order chi connectivity index (χ1) is 18.8. The van der Waals surface area contributed by atoms with Gasteiger partial charge in [-0.1, -0.05) is 43.3 Å². The van der Waals surface area contributed by atoms with Gasteiger partial charge in [0.25, 0.3) is 0 Å². The zero-order valence-electron chi connectivity index (χ0n) is 23.4. The van der Waals surface area contributed by atoms with E-state index in [0.29, 0.717) is 52.7 Å². The second-order valence-electron chi connectivity index (χ2n) is 11.2. The summed E-state index contributed by atoms with van der Waals surface area (Å²) in [5.74, 6) is 1.39. The van der Waals surface area contributed by atoms with Crippen LogP contribution >= 0.6 is 0 Å². The lowest BCUT2D eigenvalue weighted by Crippen LogP contribution is -2.48. The molecule has 0 amide bonds. The third-order valence-corrected chi connectivity index (χ3v) is 7.71. The van der Waals surface area contributed by atoms with Gasteiger partial charge in [0.2, 0.25) is 0 Å². The Bertz CT molecular complexity index is 1280. The van der Waals surface area contributed by atoms with E-state index in [1.807, 2.05) is 31.2 Å². The summed E-state index contributed by atoms with van der Waals surface area (Å²) in [6, 6.07) is 20.7. The largest absolute Gasteiger partial charge is 0.492 e. The van der Waals surface area contributed by atoms with E-state index >= 15 is 0 Å². The number of rotatable bonds is 11. The van der Waals surface area contributed by atoms with Crippen molar-refractivity contribution in [3.8, 4) is 22.6 Å². The Kier molecular flexibility index (Phi) is 7.96. The summed E-state index contributed by atoms with van der Waals surface area (Å²) >= 11 is 0. The molecule has 2 fully saturated rings. The topological polar surface area (TPSA) is 63.2 Å². The molecule has 206 valence electrons. The maximum Gasteiger partial charge on any atom is 0.306 e. The van der Waals surface area contributed by atoms with Crippen LogP contribution in [0.1, 0.15) is 42.5 Å². The number of hydrogen-bond acceptors (Lipinski definition) is 6. The molecule has 6 heteroatoms. The zero-order valence-corrected chi connectivity index (χ0v) is 23.4. The van der Waals surface area contributed by atoms with Gasteiger partial charge in [0, 0.05) is 11.0 Å². The van der Waals surface area contributed by atoms with E-state index in [9.17, 15) is 4.79 Å². The summed E-state index contributed by atoms with van der Waals surface area (Å²) in [5, 5.41) is 0. The van der Waals surface area contributed by atoms with Gasteiger partial charge in [-0.05, 0) is 72.9 Å². The van der Waals surface area contributed by atoms with E-state index < -0.39 is 0 Å². The lowest BCUT2D eigenvalue weighted by atomic mass is 9.76. The van der Waals surface area contributed by atoms with E-state index in [1.165, 1.54) is 16.7 Å². The Labute approximate surface area is 231 Å². The lowest BCUT2D eigenvalue weighted by Gasteiger charge is -2.41. The van der Waals surface area contributed by atoms with Crippen LogP contribution in [0.25, 0.3) is 11.1 Å². The first kappa shape index (κ1) is 27.2. The summed E-state index contributed by atoms with van der Waals surface area (Å²) in [6.07, 6.45) is 0.316. The van der Waals surface area contributed by atoms with Crippen LogP contribution in [-0.2, 0) is 31.0 Å². The van der Waals surface area contributed by atoms with E-state index in [4.69, 9.17) is 23.7 Å². The number of carbonyl (C=O) groups excluding carboxylic acids is 1. The van der Waals surface area contributed by atoms with Crippen LogP contribution in [0.3, 0.4) is 0 Å². The van der Waals surface area contributed by atoms with Crippen LogP contribution in [0.4, 0.5) is 0 Å². The minimum atomic E-state index is -0.327. The van der Waals surface area contributed by atoms with Crippen LogP contribution < -0.4 is 9.47 Å². The molecular weight excluding hydrogens is 492 g/mol. The van der Waals surface area contributed by atoms with Crippen molar-refractivity contribution in [3.63, 3.8) is 0 Å². The van der Waals surface area contributed by atoms with Crippen molar-refractivity contribution >= 4 is 5.97 Å². The van der Waals surface area contributed by atoms with Crippen molar-refractivity contribution in [2.45, 2.75) is 46.1 Å². The van der Waals surface area contributed by atoms with Crippen LogP contribution in [0, 0.1) is 19.3 Å². The lowest BCUT2D eigenvalue weighted by molar-refractivity contribution is -0.151. The molecule has 0 aliphatic carbocycles. The Balaban J connectivity index is 1.34. The summed E-state index contributed by atoms with van der Waals surface area (Å²) in [4.78, 5) is 12.2. The summed E-state index contributed by atoms with van der Waals surface area (Å²) < 4.78 is 28.7. The smallest absolute Gasteiger partial charge is 0.306 e. The molecule has 3 aromatic carbocycles. The van der Waals surface area contributed by atoms with Gasteiger partial charge in [-0.15, -0.1) is 0 Å². The Morgan fingerprint density at radius 1 is 0.897 bits per heavy atom. The highest BCUT2D eigenvalue weighted by Gasteiger charge is 2.42. The molecule has 0 saturated carbocycles. The SMILES string of the molecule is CCOC(=O)CC1(c2ccc(OCc3cc(-c4c(C)cccc4C)ccc3OCC3(C)COC3)cc2)COC1. The van der Waals surface area contributed by atoms with Gasteiger partial charge in [0.15, 0.2) is 0 Å². The van der Waals surface area contributed by atoms with Crippen molar-refractivity contribution in [1.82, 2.24) is 0 Å². The van der Waals surface area contributed by atoms with Gasteiger partial charge in [-0.2, -0.15) is 0 Å². The molecule has 0 aromatic heterocycles. The third-order valence-electron chi connectivity index (χ3n) is 7.71. The minimum Gasteiger partial charge on any atom is -0.492 e. The fourth-order valence-electron chi connectivity index (χ4n) is 5.32. The second-order valence-corrected chi connectivity index (χ2v) is 11.2. The van der Waals surface area contributed by atoms with Crippen molar-refractivity contribution < 1.29 is 28.5 Å². The summed E-state index contributed by atoms with van der Waals surface area (Å²) in [7, 11) is 0. The third kappa shape index (κ3) is 5.97. The van der Waals surface area contributed by atoms with Gasteiger partial charge in [-0.3, -0.25) is 4.79 Å². The normalized spacial score (nSPS) is 17.0. The quantitative estimate of drug-likeness (QED) is 0.276. The molecule has 2 saturated heterocycles. The van der Waals surface area contributed by atoms with E-state index in [1.54, 1.807) is 0 Å². The molecule has 2 aliphatic rings. The van der Waals surface area contributed by atoms with Crippen LogP contribution in [-0.4, -0.2) is 45.6 Å². The van der Waals surface area contributed by atoms with E-state index in [2.05, 4.69) is 57.2 Å². The molecule has 3 aromatic rings. The molecule has 0 radical (unpaired) electrons. The number of benzene rings is 3. The standard InChI is InChI=1S/C33H38O6/c1-5-37-30(34)16-33(21-36-22-33)27-10-12-28(13-11-27)38-17-26-15-25(31-23(2)7-6-8-24(31)3)9-14-29(26)39-20-32(4)18-35-19-32/h6-15H,5,16-22H2,1-4H3. The minimum absolute atomic E-state index is 0.0456. The molecule has 2 aliphatic heterocycles. The first-order valence-corrected chi connectivity index (χ1v) is 13.7. The van der Waals surface area contributed by atoms with E-state index in [0.717, 1.165) is 28.2 Å². The second kappa shape index (κ2) is 11.4. The maximum atomic E-state index is 12.2. The van der Waals surface area contributed by atoms with Crippen molar-refractivity contribution in [3.05, 3.63) is 82.9 Å². The molecule has 39 heavy (non-hydrogen) atoms. The Morgan fingerprint density at radius 2 is 1.59 bits per heavy atom. The average molecular weight is 531 g/mol. The van der Waals surface area contributed by atoms with Gasteiger partial charge in [0.1, 0.15) is 18.1 Å². The van der Waals surface area contributed by atoms with Crippen molar-refractivity contribution in [2.24, 2.45) is 5.41 Å². The van der Waals surface area contributed by atoms with E-state index in [-0.39, 0.29) is 16.8 Å². The number of hydrogen-bond donors (Lipinski definition) is 0. The number of aryl methyl sites for hydroxylation is 2. The highest BCUT2D eigenvalue weighted by Crippen LogP contribution is 2.38. The molecule has 0 atom stereocenters. The Hall–Kier alpha value is -3.35. The average Bonchev–Trinajstić information content (AvgIpc) is 2.88. The van der Waals surface area contributed by atoms with Gasteiger partial charge in [-0.25, -0.2) is 0 Å². The van der Waals surface area contributed by atoms with Crippen LogP contribution in [0.2, 0.25) is 0 Å². The molecule has 5 rings (SSSR count). The number of esters is 1. The number of carbonyl (C=O) groups is 1. The van der Waals surface area contributed by atoms with Crippen LogP contribution in [0.15, 0.2) is 60.7 Å². The highest BCUT2D eigenvalue weighted by atomic mass is 16.5. The molecule has 6 nitrogen and oxygen atoms in total. The van der Waals surface area contributed by atoms with Gasteiger partial charge >= 0.3 is 5.97 Å². The Morgan fingerprint density at radius 3 is 2.18 bits per heavy atom. The zero-order chi connectivity index (χ0) is 27.5. The van der Waals surface area contributed by atoms with Crippen molar-refractivity contribution in [1.29, 1.82) is 0 Å². The highest BCUT2D eigenvalue weighted by molar-refractivity contribution is 5.73. The molecule has 0 bridgehead atoms. The molecule has 0 spiro atoms. The van der Waals surface area contributed by atoms with Gasteiger partial charge in [0.05, 0.1) is 51.5 Å². The monoisotopic (exact) mass is 530 g/mol. The number of ether oxygens (including phenoxy) is 5. The fraction of sp³-hybridized carbons (Fsp3) is 0.424. The maximum absolute atomic E-state index is 12.2. The fourth-order valence-corrected chi connectivity index (χ4v) is 5.32. The molecule has 2 heterocycles. The van der Waals surface area contributed by atoms with Crippen LogP contribution in [0.5, 0.6) is 11.5 Å². The van der Waals surface area contributed by atoms with Crippen molar-refractivity contribution in [2.75, 3.05) is 39.6 Å². The summed E-state index contributed by atoms with van der Waals surface area (Å²) in [6.45, 7) is 12.1. The predicted molar refractivity (Wildman–Crippen MR) is 150 cm³/mol. The molecular formula is C33H38O6. The molecule has 0 N–H and O–H groups in total.